The van der Waals surface area contributed by atoms with Gasteiger partial charge in [0.15, 0.2) is 29.7 Å². The summed E-state index contributed by atoms with van der Waals surface area (Å²) in [7, 11) is 4.94. The number of anilines is 1. The molecule has 29 heavy (non-hydrogen) atoms. The lowest BCUT2D eigenvalue weighted by Crippen LogP contribution is -3.08. The number of halogens is 2. The molecule has 0 saturated heterocycles. The summed E-state index contributed by atoms with van der Waals surface area (Å²) in [6, 6.07) is 8.53. The Kier molecular flexibility index (Phi) is 7.90. The summed E-state index contributed by atoms with van der Waals surface area (Å²) in [6.07, 6.45) is 0. The average Bonchev–Trinajstić information content (AvgIpc) is 2.69. The lowest BCUT2D eigenvalue weighted by Gasteiger charge is -2.17. The number of hydrogen-bond acceptors (Lipinski definition) is 4. The van der Waals surface area contributed by atoms with Crippen molar-refractivity contribution in [1.82, 2.24) is 5.32 Å². The van der Waals surface area contributed by atoms with Gasteiger partial charge in [0.25, 0.3) is 5.91 Å². The molecule has 156 valence electrons. The summed E-state index contributed by atoms with van der Waals surface area (Å²) < 4.78 is 36.7. The second-order valence-electron chi connectivity index (χ2n) is 6.42. The van der Waals surface area contributed by atoms with E-state index in [2.05, 4.69) is 10.6 Å². The topological polar surface area (TPSA) is 81.1 Å². The number of amides is 2. The quantitative estimate of drug-likeness (QED) is 0.572. The van der Waals surface area contributed by atoms with Gasteiger partial charge < -0.3 is 25.0 Å². The fraction of sp³-hybridized carbons (Fsp3) is 0.300. The molecule has 2 amide bonds. The first-order valence-corrected chi connectivity index (χ1v) is 8.86. The van der Waals surface area contributed by atoms with Gasteiger partial charge in [-0.1, -0.05) is 6.07 Å². The summed E-state index contributed by atoms with van der Waals surface area (Å²) in [5.41, 5.74) is 0.990. The summed E-state index contributed by atoms with van der Waals surface area (Å²) in [4.78, 5) is 24.8. The Hall–Kier alpha value is -3.20. The molecule has 2 rings (SSSR count). The van der Waals surface area contributed by atoms with Crippen molar-refractivity contribution in [3.05, 3.63) is 53.6 Å². The number of carbonyl (C=O) groups excluding carboxylic acids is 2. The molecule has 1 atom stereocenters. The Labute approximate surface area is 167 Å². The standard InChI is InChI=1S/C20H23F2N3O4/c1-25(11-13-5-4-6-17(28-2)20(13)29-3)12-19(27)23-10-18(26)24-14-7-8-15(21)16(22)9-14/h4-9H,10-12H2,1-3H3,(H,23,27)(H,24,26)/p+1. The van der Waals surface area contributed by atoms with Gasteiger partial charge >= 0.3 is 0 Å². The zero-order valence-electron chi connectivity index (χ0n) is 16.5. The highest BCUT2D eigenvalue weighted by atomic mass is 19.2. The SMILES string of the molecule is COc1cccc(C[NH+](C)CC(=O)NCC(=O)Nc2ccc(F)c(F)c2)c1OC. The molecule has 2 aromatic carbocycles. The van der Waals surface area contributed by atoms with Crippen molar-refractivity contribution in [2.45, 2.75) is 6.54 Å². The number of rotatable bonds is 9. The number of para-hydroxylation sites is 1. The van der Waals surface area contributed by atoms with Crippen molar-refractivity contribution in [3.63, 3.8) is 0 Å². The molecule has 0 radical (unpaired) electrons. The summed E-state index contributed by atoms with van der Waals surface area (Å²) in [5, 5.41) is 4.89. The third-order valence-electron chi connectivity index (χ3n) is 4.09. The Morgan fingerprint density at radius 1 is 1.03 bits per heavy atom. The lowest BCUT2D eigenvalue weighted by atomic mass is 10.1. The van der Waals surface area contributed by atoms with E-state index in [-0.39, 0.29) is 24.7 Å². The number of nitrogens with one attached hydrogen (secondary N) is 3. The largest absolute Gasteiger partial charge is 0.493 e. The van der Waals surface area contributed by atoms with Crippen molar-refractivity contribution in [3.8, 4) is 11.5 Å². The van der Waals surface area contributed by atoms with E-state index in [0.29, 0.717) is 18.0 Å². The molecule has 0 aliphatic rings. The molecule has 0 spiro atoms. The van der Waals surface area contributed by atoms with Gasteiger partial charge in [0.2, 0.25) is 5.91 Å². The first kappa shape index (κ1) is 22.1. The van der Waals surface area contributed by atoms with Gasteiger partial charge in [0.05, 0.1) is 33.4 Å². The fourth-order valence-corrected chi connectivity index (χ4v) is 2.78. The van der Waals surface area contributed by atoms with Gasteiger partial charge in [-0.25, -0.2) is 8.78 Å². The van der Waals surface area contributed by atoms with Crippen LogP contribution in [0.15, 0.2) is 36.4 Å². The van der Waals surface area contributed by atoms with Crippen LogP contribution in [0, 0.1) is 11.6 Å². The van der Waals surface area contributed by atoms with E-state index in [0.717, 1.165) is 22.6 Å². The van der Waals surface area contributed by atoms with Crippen molar-refractivity contribution >= 4 is 17.5 Å². The molecule has 1 unspecified atom stereocenters. The minimum absolute atomic E-state index is 0.107. The van der Waals surface area contributed by atoms with Crippen molar-refractivity contribution in [1.29, 1.82) is 0 Å². The van der Waals surface area contributed by atoms with Crippen LogP contribution in [0.5, 0.6) is 11.5 Å². The number of carbonyl (C=O) groups is 2. The van der Waals surface area contributed by atoms with Crippen LogP contribution in [-0.2, 0) is 16.1 Å². The van der Waals surface area contributed by atoms with Crippen LogP contribution in [0.4, 0.5) is 14.5 Å². The van der Waals surface area contributed by atoms with E-state index in [1.54, 1.807) is 20.3 Å². The number of likely N-dealkylation sites (N-methyl/N-ethyl adjacent to an activating group) is 1. The van der Waals surface area contributed by atoms with Gasteiger partial charge in [-0.2, -0.15) is 0 Å². The number of methoxy groups -OCH3 is 2. The normalized spacial score (nSPS) is 11.5. The molecule has 3 N–H and O–H groups in total. The van der Waals surface area contributed by atoms with Gasteiger partial charge in [-0.3, -0.25) is 9.59 Å². The molecule has 0 fully saturated rings. The second-order valence-corrected chi connectivity index (χ2v) is 6.42. The van der Waals surface area contributed by atoms with E-state index in [1.807, 2.05) is 19.2 Å². The van der Waals surface area contributed by atoms with Gasteiger partial charge in [0.1, 0.15) is 6.54 Å². The maximum Gasteiger partial charge on any atom is 0.275 e. The van der Waals surface area contributed by atoms with Crippen LogP contribution < -0.4 is 25.0 Å². The molecule has 0 heterocycles. The highest BCUT2D eigenvalue weighted by Gasteiger charge is 2.16. The molecular formula is C20H24F2N3O4+. The first-order chi connectivity index (χ1) is 13.8. The Balaban J connectivity index is 1.83. The minimum atomic E-state index is -1.06. The smallest absolute Gasteiger partial charge is 0.275 e. The average molecular weight is 408 g/mol. The fourth-order valence-electron chi connectivity index (χ4n) is 2.78. The summed E-state index contributed by atoms with van der Waals surface area (Å²) in [6.45, 7) is 0.348. The Morgan fingerprint density at radius 3 is 2.45 bits per heavy atom. The monoisotopic (exact) mass is 408 g/mol. The van der Waals surface area contributed by atoms with Crippen molar-refractivity contribution in [2.75, 3.05) is 39.7 Å². The summed E-state index contributed by atoms with van der Waals surface area (Å²) >= 11 is 0. The van der Waals surface area contributed by atoms with E-state index in [4.69, 9.17) is 9.47 Å². The zero-order valence-corrected chi connectivity index (χ0v) is 16.5. The Bertz CT molecular complexity index is 877. The second kappa shape index (κ2) is 10.4. The minimum Gasteiger partial charge on any atom is -0.493 e. The molecule has 0 aromatic heterocycles. The third kappa shape index (κ3) is 6.42. The number of ether oxygens (including phenoxy) is 2. The molecule has 0 bridgehead atoms. The number of quaternary nitrogens is 1. The third-order valence-corrected chi connectivity index (χ3v) is 4.09. The molecule has 9 heteroatoms. The predicted octanol–water partition coefficient (Wildman–Crippen LogP) is 0.752. The Morgan fingerprint density at radius 2 is 1.79 bits per heavy atom. The molecule has 7 nitrogen and oxygen atoms in total. The van der Waals surface area contributed by atoms with Crippen LogP contribution >= 0.6 is 0 Å². The molecule has 0 aliphatic heterocycles. The van der Waals surface area contributed by atoms with Gasteiger partial charge in [-0.15, -0.1) is 0 Å². The number of hydrogen-bond donors (Lipinski definition) is 3. The van der Waals surface area contributed by atoms with Crippen LogP contribution in [-0.4, -0.2) is 46.2 Å². The summed E-state index contributed by atoms with van der Waals surface area (Å²) in [5.74, 6) is -1.72. The first-order valence-electron chi connectivity index (χ1n) is 8.86. The van der Waals surface area contributed by atoms with Gasteiger partial charge in [0, 0.05) is 11.8 Å². The maximum atomic E-state index is 13.2. The van der Waals surface area contributed by atoms with Crippen molar-refractivity contribution in [2.24, 2.45) is 0 Å². The van der Waals surface area contributed by atoms with Gasteiger partial charge in [-0.05, 0) is 24.3 Å². The molecular weight excluding hydrogens is 384 g/mol. The highest BCUT2D eigenvalue weighted by molar-refractivity contribution is 5.94. The van der Waals surface area contributed by atoms with E-state index < -0.39 is 17.5 Å². The molecule has 0 saturated carbocycles. The molecule has 2 aromatic rings. The van der Waals surface area contributed by atoms with Crippen LogP contribution in [0.25, 0.3) is 0 Å². The van der Waals surface area contributed by atoms with Crippen LogP contribution in [0.2, 0.25) is 0 Å². The lowest BCUT2D eigenvalue weighted by molar-refractivity contribution is -0.885. The highest BCUT2D eigenvalue weighted by Crippen LogP contribution is 2.29. The maximum absolute atomic E-state index is 13.2. The van der Waals surface area contributed by atoms with E-state index in [9.17, 15) is 18.4 Å². The molecule has 0 aliphatic carbocycles. The van der Waals surface area contributed by atoms with Crippen LogP contribution in [0.3, 0.4) is 0 Å². The van der Waals surface area contributed by atoms with E-state index in [1.165, 1.54) is 6.07 Å². The number of benzene rings is 2. The zero-order chi connectivity index (χ0) is 21.4. The predicted molar refractivity (Wildman–Crippen MR) is 103 cm³/mol. The van der Waals surface area contributed by atoms with Crippen molar-refractivity contribution < 1.29 is 32.7 Å². The van der Waals surface area contributed by atoms with Crippen LogP contribution in [0.1, 0.15) is 5.56 Å². The van der Waals surface area contributed by atoms with E-state index >= 15 is 0 Å².